The molecule has 0 saturated carbocycles. The highest BCUT2D eigenvalue weighted by atomic mass is 16.3. The standard InChI is InChI=1S/C55H57BN2O/c1-34-29-46-49-47(30-34)58(40-23-24-42-43(33-40)55(10,11)28-27-54(42,8)9)50-41-31-36(35-15-13-12-14-16-35)17-26-48(41)59-51(50)56(49)44-32-38(53(5,6)7)20-25-45(44)57(46)39-21-18-37(19-22-39)52(2,3)4/h12-26,29-33H,27-28H2,1-11H3. The molecule has 0 fully saturated rings. The molecular weight excluding hydrogens is 715 g/mol. The van der Waals surface area contributed by atoms with Crippen LogP contribution in [0.15, 0.2) is 126 Å². The first-order valence-corrected chi connectivity index (χ1v) is 21.7. The van der Waals surface area contributed by atoms with Gasteiger partial charge in [-0.15, -0.1) is 0 Å². The summed E-state index contributed by atoms with van der Waals surface area (Å²) >= 11 is 0. The van der Waals surface area contributed by atoms with E-state index in [2.05, 4.69) is 207 Å². The Morgan fingerprint density at radius 1 is 0.559 bits per heavy atom. The van der Waals surface area contributed by atoms with E-state index in [9.17, 15) is 0 Å². The number of furan rings is 1. The van der Waals surface area contributed by atoms with Crippen LogP contribution in [0.2, 0.25) is 0 Å². The highest BCUT2D eigenvalue weighted by Crippen LogP contribution is 2.51. The zero-order valence-electron chi connectivity index (χ0n) is 36.8. The van der Waals surface area contributed by atoms with E-state index < -0.39 is 0 Å². The van der Waals surface area contributed by atoms with Gasteiger partial charge < -0.3 is 14.2 Å². The summed E-state index contributed by atoms with van der Waals surface area (Å²) in [6, 6.07) is 46.2. The Morgan fingerprint density at radius 3 is 1.86 bits per heavy atom. The van der Waals surface area contributed by atoms with E-state index >= 15 is 0 Å². The Hall–Kier alpha value is -5.48. The Kier molecular flexibility index (Phi) is 8.17. The minimum absolute atomic E-state index is 0.0314. The summed E-state index contributed by atoms with van der Waals surface area (Å²) in [4.78, 5) is 5.09. The first-order chi connectivity index (χ1) is 27.9. The molecule has 7 aromatic rings. The van der Waals surface area contributed by atoms with E-state index in [4.69, 9.17) is 4.42 Å². The van der Waals surface area contributed by atoms with Crippen LogP contribution < -0.4 is 26.4 Å². The van der Waals surface area contributed by atoms with Crippen LogP contribution in [0.1, 0.15) is 110 Å². The lowest BCUT2D eigenvalue weighted by atomic mass is 9.35. The van der Waals surface area contributed by atoms with Crippen molar-refractivity contribution in [1.29, 1.82) is 0 Å². The third-order valence-electron chi connectivity index (χ3n) is 13.9. The van der Waals surface area contributed by atoms with E-state index in [1.807, 2.05) is 0 Å². The highest BCUT2D eigenvalue weighted by molar-refractivity contribution is 7.00. The lowest BCUT2D eigenvalue weighted by Crippen LogP contribution is -2.61. The van der Waals surface area contributed by atoms with Crippen LogP contribution >= 0.6 is 0 Å². The first kappa shape index (κ1) is 37.8. The number of fused-ring (bicyclic) bond motifs is 7. The molecule has 0 saturated heterocycles. The summed E-state index contributed by atoms with van der Waals surface area (Å²) < 4.78 is 7.32. The number of rotatable bonds is 3. The number of benzene rings is 6. The van der Waals surface area contributed by atoms with Crippen LogP contribution in [0, 0.1) is 6.92 Å². The second kappa shape index (κ2) is 12.8. The van der Waals surface area contributed by atoms with Gasteiger partial charge in [-0.1, -0.05) is 136 Å². The maximum Gasteiger partial charge on any atom is 0.297 e. The summed E-state index contributed by atoms with van der Waals surface area (Å²) in [5, 5.41) is 1.14. The van der Waals surface area contributed by atoms with Crippen molar-refractivity contribution in [2.45, 2.75) is 111 Å². The van der Waals surface area contributed by atoms with E-state index in [0.29, 0.717) is 0 Å². The van der Waals surface area contributed by atoms with Gasteiger partial charge in [0, 0.05) is 33.8 Å². The molecule has 3 nitrogen and oxygen atoms in total. The number of hydrogen-bond acceptors (Lipinski definition) is 3. The largest absolute Gasteiger partial charge is 0.468 e. The van der Waals surface area contributed by atoms with Gasteiger partial charge >= 0.3 is 0 Å². The predicted molar refractivity (Wildman–Crippen MR) is 253 cm³/mol. The van der Waals surface area contributed by atoms with Crippen molar-refractivity contribution in [2.75, 3.05) is 9.80 Å². The molecule has 1 aromatic heterocycles. The van der Waals surface area contributed by atoms with Gasteiger partial charge in [-0.05, 0) is 146 Å². The van der Waals surface area contributed by atoms with E-state index in [-0.39, 0.29) is 28.4 Å². The number of aryl methyl sites for hydroxylation is 1. The zero-order valence-corrected chi connectivity index (χ0v) is 36.8. The van der Waals surface area contributed by atoms with Gasteiger partial charge in [0.1, 0.15) is 5.58 Å². The zero-order chi connectivity index (χ0) is 41.4. The fourth-order valence-electron chi connectivity index (χ4n) is 10.3. The summed E-state index contributed by atoms with van der Waals surface area (Å²) in [6.45, 7) is 25.7. The molecule has 59 heavy (non-hydrogen) atoms. The van der Waals surface area contributed by atoms with Gasteiger partial charge in [-0.3, -0.25) is 0 Å². The van der Waals surface area contributed by atoms with E-state index in [0.717, 1.165) is 28.7 Å². The molecule has 1 aliphatic carbocycles. The summed E-state index contributed by atoms with van der Waals surface area (Å²) in [7, 11) is 0. The van der Waals surface area contributed by atoms with E-state index in [1.54, 1.807) is 0 Å². The Bertz CT molecular complexity index is 2810. The molecule has 0 atom stereocenters. The molecule has 3 heterocycles. The monoisotopic (exact) mass is 772 g/mol. The summed E-state index contributed by atoms with van der Waals surface area (Å²) in [5.41, 5.74) is 21.1. The SMILES string of the molecule is Cc1cc2c3c(c1)N(c1ccc4c(c1)C(C)(C)CCC4(C)C)c1c(oc4ccc(-c5ccccc5)cc14)B3c1cc(C(C)(C)C)ccc1N2c1ccc(C(C)(C)C)cc1. The van der Waals surface area contributed by atoms with Crippen LogP contribution in [-0.4, -0.2) is 6.71 Å². The number of anilines is 6. The summed E-state index contributed by atoms with van der Waals surface area (Å²) in [5.74, 6) is 0. The Balaban J connectivity index is 1.30. The molecule has 0 unspecified atom stereocenters. The highest BCUT2D eigenvalue weighted by Gasteiger charge is 2.48. The molecule has 0 spiro atoms. The molecule has 0 amide bonds. The molecule has 0 bridgehead atoms. The molecule has 296 valence electrons. The molecule has 2 aliphatic heterocycles. The van der Waals surface area contributed by atoms with Crippen LogP contribution in [-0.2, 0) is 21.7 Å². The van der Waals surface area contributed by atoms with Crippen molar-refractivity contribution in [1.82, 2.24) is 0 Å². The van der Waals surface area contributed by atoms with Crippen LogP contribution in [0.3, 0.4) is 0 Å². The maximum absolute atomic E-state index is 7.32. The number of nitrogens with zero attached hydrogens (tertiary/aromatic N) is 2. The lowest BCUT2D eigenvalue weighted by molar-refractivity contribution is 0.332. The molecule has 3 aliphatic rings. The smallest absolute Gasteiger partial charge is 0.297 e. The van der Waals surface area contributed by atoms with Gasteiger partial charge in [-0.25, -0.2) is 0 Å². The van der Waals surface area contributed by atoms with Crippen LogP contribution in [0.5, 0.6) is 0 Å². The van der Waals surface area contributed by atoms with Gasteiger partial charge in [0.15, 0.2) is 0 Å². The van der Waals surface area contributed by atoms with Crippen molar-refractivity contribution < 1.29 is 4.42 Å². The lowest BCUT2D eigenvalue weighted by Gasteiger charge is -2.44. The molecule has 4 heteroatoms. The van der Waals surface area contributed by atoms with Gasteiger partial charge in [-0.2, -0.15) is 0 Å². The predicted octanol–water partition coefficient (Wildman–Crippen LogP) is 13.4. The third kappa shape index (κ3) is 5.92. The summed E-state index contributed by atoms with van der Waals surface area (Å²) in [6.07, 6.45) is 2.35. The fraction of sp³-hybridized carbons (Fsp3) is 0.309. The van der Waals surface area contributed by atoms with Crippen molar-refractivity contribution in [3.63, 3.8) is 0 Å². The second-order valence-corrected chi connectivity index (χ2v) is 21.0. The third-order valence-corrected chi connectivity index (χ3v) is 13.9. The number of hydrogen-bond donors (Lipinski definition) is 0. The van der Waals surface area contributed by atoms with Crippen molar-refractivity contribution in [3.8, 4) is 11.1 Å². The molecule has 10 rings (SSSR count). The topological polar surface area (TPSA) is 19.6 Å². The first-order valence-electron chi connectivity index (χ1n) is 21.7. The molecule has 0 N–H and O–H groups in total. The van der Waals surface area contributed by atoms with Crippen molar-refractivity contribution in [2.24, 2.45) is 0 Å². The molecule has 0 radical (unpaired) electrons. The minimum Gasteiger partial charge on any atom is -0.468 e. The normalized spacial score (nSPS) is 16.4. The minimum atomic E-state index is -0.102. The van der Waals surface area contributed by atoms with Gasteiger partial charge in [0.05, 0.1) is 11.3 Å². The Morgan fingerprint density at radius 2 is 1.19 bits per heavy atom. The van der Waals surface area contributed by atoms with Crippen LogP contribution in [0.25, 0.3) is 22.1 Å². The fourth-order valence-corrected chi connectivity index (χ4v) is 10.3. The van der Waals surface area contributed by atoms with Crippen molar-refractivity contribution in [3.05, 3.63) is 149 Å². The Labute approximate surface area is 352 Å². The van der Waals surface area contributed by atoms with E-state index in [1.165, 1.54) is 84.7 Å². The maximum atomic E-state index is 7.32. The average molecular weight is 773 g/mol. The average Bonchev–Trinajstić information content (AvgIpc) is 3.57. The molecule has 6 aromatic carbocycles. The second-order valence-electron chi connectivity index (χ2n) is 21.0. The van der Waals surface area contributed by atoms with Gasteiger partial charge in [0.2, 0.25) is 0 Å². The quantitative estimate of drug-likeness (QED) is 0.167. The molecular formula is C55H57BN2O. The van der Waals surface area contributed by atoms with Gasteiger partial charge in [0.25, 0.3) is 6.71 Å². The van der Waals surface area contributed by atoms with Crippen LogP contribution in [0.4, 0.5) is 34.1 Å². The van der Waals surface area contributed by atoms with Crippen molar-refractivity contribution >= 4 is 68.4 Å².